The highest BCUT2D eigenvalue weighted by Crippen LogP contribution is 2.25. The van der Waals surface area contributed by atoms with Crippen LogP contribution in [0.3, 0.4) is 0 Å². The molecule has 0 atom stereocenters. The Bertz CT molecular complexity index is 523. The van der Waals surface area contributed by atoms with Crippen LogP contribution in [0, 0.1) is 12.7 Å². The van der Waals surface area contributed by atoms with Crippen LogP contribution < -0.4 is 14.8 Å². The molecule has 1 aromatic carbocycles. The highest BCUT2D eigenvalue weighted by Gasteiger charge is 2.20. The van der Waals surface area contributed by atoms with E-state index in [0.717, 1.165) is 0 Å². The van der Waals surface area contributed by atoms with Crippen molar-refractivity contribution >= 4 is 22.4 Å². The van der Waals surface area contributed by atoms with Crippen LogP contribution >= 0.6 is 12.4 Å². The monoisotopic (exact) mass is 312 g/mol. The van der Waals surface area contributed by atoms with Gasteiger partial charge in [0.2, 0.25) is 10.0 Å². The van der Waals surface area contributed by atoms with Crippen LogP contribution in [-0.4, -0.2) is 35.7 Å². The van der Waals surface area contributed by atoms with Crippen LogP contribution in [0.1, 0.15) is 5.56 Å². The van der Waals surface area contributed by atoms with Gasteiger partial charge in [-0.25, -0.2) is 17.5 Å². The molecule has 1 aromatic rings. The summed E-state index contributed by atoms with van der Waals surface area (Å²) in [6.07, 6.45) is 0. The molecule has 0 bridgehead atoms. The molecular formula is C11H18ClFN2O3S. The second kappa shape index (κ2) is 7.64. The maximum atomic E-state index is 13.8. The van der Waals surface area contributed by atoms with Crippen LogP contribution in [-0.2, 0) is 10.0 Å². The number of nitrogens with one attached hydrogen (secondary N) is 2. The smallest absolute Gasteiger partial charge is 0.240 e. The molecule has 0 heterocycles. The van der Waals surface area contributed by atoms with Gasteiger partial charge in [-0.05, 0) is 26.1 Å². The predicted octanol–water partition coefficient (Wildman–Crippen LogP) is 1.06. The lowest BCUT2D eigenvalue weighted by Crippen LogP contribution is -2.31. The van der Waals surface area contributed by atoms with Crippen LogP contribution in [0.25, 0.3) is 0 Å². The number of likely N-dealkylation sites (N-methyl/N-ethyl adjacent to an activating group) is 1. The number of benzene rings is 1. The number of hydrogen-bond donors (Lipinski definition) is 2. The fourth-order valence-corrected chi connectivity index (χ4v) is 2.75. The van der Waals surface area contributed by atoms with Gasteiger partial charge in [0.1, 0.15) is 0 Å². The van der Waals surface area contributed by atoms with Gasteiger partial charge in [0, 0.05) is 18.7 Å². The van der Waals surface area contributed by atoms with Crippen LogP contribution in [0.5, 0.6) is 5.75 Å². The topological polar surface area (TPSA) is 67.4 Å². The van der Waals surface area contributed by atoms with Gasteiger partial charge in [0.15, 0.2) is 11.6 Å². The van der Waals surface area contributed by atoms with Gasteiger partial charge in [0.05, 0.1) is 12.0 Å². The molecule has 5 nitrogen and oxygen atoms in total. The summed E-state index contributed by atoms with van der Waals surface area (Å²) in [7, 11) is -0.651. The Hall–Kier alpha value is -0.890. The molecule has 1 rings (SSSR count). The number of halogens is 2. The zero-order valence-electron chi connectivity index (χ0n) is 11.0. The molecular weight excluding hydrogens is 295 g/mol. The fourth-order valence-electron chi connectivity index (χ4n) is 1.48. The summed E-state index contributed by atoms with van der Waals surface area (Å²) in [4.78, 5) is -0.0723. The minimum atomic E-state index is -3.70. The van der Waals surface area contributed by atoms with E-state index in [2.05, 4.69) is 10.0 Å². The van der Waals surface area contributed by atoms with E-state index in [9.17, 15) is 12.8 Å². The van der Waals surface area contributed by atoms with E-state index >= 15 is 0 Å². The van der Waals surface area contributed by atoms with E-state index < -0.39 is 15.8 Å². The first-order chi connectivity index (χ1) is 8.44. The zero-order chi connectivity index (χ0) is 13.8. The van der Waals surface area contributed by atoms with Gasteiger partial charge in [-0.2, -0.15) is 0 Å². The van der Waals surface area contributed by atoms with Gasteiger partial charge in [0.25, 0.3) is 0 Å². The van der Waals surface area contributed by atoms with Crippen molar-refractivity contribution < 1.29 is 17.5 Å². The first-order valence-electron chi connectivity index (χ1n) is 5.41. The number of rotatable bonds is 6. The van der Waals surface area contributed by atoms with Crippen molar-refractivity contribution in [3.05, 3.63) is 23.5 Å². The molecule has 0 aromatic heterocycles. The Balaban J connectivity index is 0.00000324. The van der Waals surface area contributed by atoms with Gasteiger partial charge >= 0.3 is 0 Å². The van der Waals surface area contributed by atoms with Gasteiger partial charge < -0.3 is 10.1 Å². The average Bonchev–Trinajstić information content (AvgIpc) is 2.32. The minimum Gasteiger partial charge on any atom is -0.494 e. The summed E-state index contributed by atoms with van der Waals surface area (Å²) < 4.78 is 44.8. The summed E-state index contributed by atoms with van der Waals surface area (Å²) in [6.45, 7) is 2.15. The van der Waals surface area contributed by atoms with E-state index in [0.29, 0.717) is 6.54 Å². The molecule has 0 spiro atoms. The lowest BCUT2D eigenvalue weighted by Gasteiger charge is -2.11. The maximum Gasteiger partial charge on any atom is 0.240 e. The molecule has 0 saturated carbocycles. The molecule has 0 aliphatic rings. The first kappa shape index (κ1) is 18.1. The minimum absolute atomic E-state index is 0. The second-order valence-electron chi connectivity index (χ2n) is 3.71. The van der Waals surface area contributed by atoms with E-state index in [1.165, 1.54) is 26.2 Å². The lowest BCUT2D eigenvalue weighted by molar-refractivity contribution is 0.384. The highest BCUT2D eigenvalue weighted by atomic mass is 35.5. The second-order valence-corrected chi connectivity index (χ2v) is 5.44. The van der Waals surface area contributed by atoms with Crippen molar-refractivity contribution in [2.75, 3.05) is 27.2 Å². The fraction of sp³-hybridized carbons (Fsp3) is 0.455. The summed E-state index contributed by atoms with van der Waals surface area (Å²) in [5.74, 6) is -0.629. The molecule has 110 valence electrons. The van der Waals surface area contributed by atoms with Crippen LogP contribution in [0.15, 0.2) is 17.0 Å². The first-order valence-corrected chi connectivity index (χ1v) is 6.89. The Morgan fingerprint density at radius 1 is 1.32 bits per heavy atom. The summed E-state index contributed by atoms with van der Waals surface area (Å²) in [5.41, 5.74) is 0.0475. The third-order valence-electron chi connectivity index (χ3n) is 2.48. The van der Waals surface area contributed by atoms with E-state index in [1.54, 1.807) is 7.05 Å². The van der Waals surface area contributed by atoms with Gasteiger partial charge in [-0.15, -0.1) is 12.4 Å². The van der Waals surface area contributed by atoms with E-state index in [-0.39, 0.29) is 35.2 Å². The van der Waals surface area contributed by atoms with Crippen LogP contribution in [0.2, 0.25) is 0 Å². The standard InChI is InChI=1S/C11H17FN2O3S.ClH/c1-8-10(5-4-9(17-3)11(8)12)18(15,16)14-7-6-13-2;/h4-5,13-14H,6-7H2,1-3H3;1H. The summed E-state index contributed by atoms with van der Waals surface area (Å²) in [5, 5.41) is 2.81. The molecule has 0 saturated heterocycles. The number of methoxy groups -OCH3 is 1. The van der Waals surface area contributed by atoms with Gasteiger partial charge in [-0.1, -0.05) is 0 Å². The Morgan fingerprint density at radius 3 is 2.47 bits per heavy atom. The van der Waals surface area contributed by atoms with Crippen molar-refractivity contribution in [3.8, 4) is 5.75 Å². The molecule has 0 aliphatic carbocycles. The van der Waals surface area contributed by atoms with E-state index in [4.69, 9.17) is 4.74 Å². The van der Waals surface area contributed by atoms with Crippen molar-refractivity contribution in [2.45, 2.75) is 11.8 Å². The Labute approximate surface area is 119 Å². The normalized spacial score (nSPS) is 10.9. The number of ether oxygens (including phenoxy) is 1. The molecule has 2 N–H and O–H groups in total. The van der Waals surface area contributed by atoms with Crippen molar-refractivity contribution in [2.24, 2.45) is 0 Å². The SMILES string of the molecule is CNCCNS(=O)(=O)c1ccc(OC)c(F)c1C.Cl. The van der Waals surface area contributed by atoms with E-state index in [1.807, 2.05) is 0 Å². The lowest BCUT2D eigenvalue weighted by atomic mass is 10.2. The molecule has 0 aliphatic heterocycles. The molecule has 0 unspecified atom stereocenters. The summed E-state index contributed by atoms with van der Waals surface area (Å²) >= 11 is 0. The zero-order valence-corrected chi connectivity index (χ0v) is 12.6. The summed E-state index contributed by atoms with van der Waals surface area (Å²) in [6, 6.07) is 2.63. The molecule has 0 amide bonds. The molecule has 0 radical (unpaired) electrons. The third kappa shape index (κ3) is 4.31. The largest absolute Gasteiger partial charge is 0.494 e. The molecule has 0 fully saturated rings. The van der Waals surface area contributed by atoms with Crippen LogP contribution in [0.4, 0.5) is 4.39 Å². The van der Waals surface area contributed by atoms with Crippen molar-refractivity contribution in [3.63, 3.8) is 0 Å². The van der Waals surface area contributed by atoms with Crippen molar-refractivity contribution in [1.82, 2.24) is 10.0 Å². The molecule has 19 heavy (non-hydrogen) atoms. The predicted molar refractivity (Wildman–Crippen MR) is 74.1 cm³/mol. The number of hydrogen-bond acceptors (Lipinski definition) is 4. The average molecular weight is 313 g/mol. The Morgan fingerprint density at radius 2 is 1.95 bits per heavy atom. The third-order valence-corrected chi connectivity index (χ3v) is 4.08. The van der Waals surface area contributed by atoms with Crippen molar-refractivity contribution in [1.29, 1.82) is 0 Å². The highest BCUT2D eigenvalue weighted by molar-refractivity contribution is 7.89. The number of sulfonamides is 1. The quantitative estimate of drug-likeness (QED) is 0.771. The van der Waals surface area contributed by atoms with Gasteiger partial charge in [-0.3, -0.25) is 0 Å². The Kier molecular flexibility index (Phi) is 7.28. The molecule has 8 heteroatoms. The maximum absolute atomic E-state index is 13.8.